The van der Waals surface area contributed by atoms with Crippen molar-refractivity contribution in [2.75, 3.05) is 22.9 Å². The summed E-state index contributed by atoms with van der Waals surface area (Å²) in [6.45, 7) is -0.611. The highest BCUT2D eigenvalue weighted by atomic mass is 19.3. The van der Waals surface area contributed by atoms with E-state index < -0.39 is 42.2 Å². The zero-order valence-corrected chi connectivity index (χ0v) is 30.9. The second kappa shape index (κ2) is 20.6. The van der Waals surface area contributed by atoms with E-state index in [0.29, 0.717) is 39.5 Å². The third-order valence-corrected chi connectivity index (χ3v) is 8.33. The van der Waals surface area contributed by atoms with Crippen molar-refractivity contribution >= 4 is 40.7 Å². The molecule has 0 fully saturated rings. The van der Waals surface area contributed by atoms with Gasteiger partial charge in [-0.25, -0.2) is 8.78 Å². The van der Waals surface area contributed by atoms with Crippen LogP contribution in [0.4, 0.5) is 28.9 Å². The number of aromatic nitrogens is 4. The van der Waals surface area contributed by atoms with Crippen LogP contribution in [0.3, 0.4) is 0 Å². The third-order valence-electron chi connectivity index (χ3n) is 8.33. The first-order valence-corrected chi connectivity index (χ1v) is 17.6. The molecule has 6 aromatic rings. The summed E-state index contributed by atoms with van der Waals surface area (Å²) in [6.07, 6.45) is 5.38. The van der Waals surface area contributed by atoms with E-state index in [1.165, 1.54) is 108 Å². The maximum Gasteiger partial charge on any atom is 0.315 e. The molecule has 0 aliphatic rings. The van der Waals surface area contributed by atoms with Gasteiger partial charge in [-0.2, -0.15) is 8.78 Å². The Labute approximate surface area is 334 Å². The quantitative estimate of drug-likeness (QED) is 0.103. The number of carbonyl (C=O) groups excluding carboxylic acids is 5. The Bertz CT molecular complexity index is 2390. The summed E-state index contributed by atoms with van der Waals surface area (Å²) in [4.78, 5) is 79.5. The van der Waals surface area contributed by atoms with Crippen molar-refractivity contribution in [3.05, 3.63) is 180 Å². The zero-order valence-electron chi connectivity index (χ0n) is 30.9. The molecule has 3 N–H and O–H groups in total. The fourth-order valence-corrected chi connectivity index (χ4v) is 5.30. The van der Waals surface area contributed by atoms with Gasteiger partial charge in [0.2, 0.25) is 0 Å². The first kappa shape index (κ1) is 42.6. The topological polar surface area (TPSA) is 181 Å². The van der Waals surface area contributed by atoms with E-state index in [-0.39, 0.29) is 36.9 Å². The number of rotatable bonds is 14. The average molecular weight is 807 g/mol. The number of nitrogens with one attached hydrogen (secondary N) is 1. The first-order chi connectivity index (χ1) is 28.4. The van der Waals surface area contributed by atoms with Crippen LogP contribution in [0.25, 0.3) is 0 Å². The fraction of sp³-hybridized carbons (Fsp3) is 0.119. The molecular formula is C42H34F4N8O5. The average Bonchev–Trinajstić information content (AvgIpc) is 3.27. The number of nitrogens with zero attached hydrogens (tertiary/aromatic N) is 6. The molecule has 0 atom stereocenters. The molecular weight excluding hydrogens is 773 g/mol. The molecule has 300 valence electrons. The van der Waals surface area contributed by atoms with E-state index in [9.17, 15) is 41.5 Å². The predicted molar refractivity (Wildman–Crippen MR) is 208 cm³/mol. The van der Waals surface area contributed by atoms with Gasteiger partial charge in [0.05, 0.1) is 37.6 Å². The number of benzene rings is 2. The summed E-state index contributed by atoms with van der Waals surface area (Å²) in [5.74, 6) is -4.05. The van der Waals surface area contributed by atoms with Gasteiger partial charge >= 0.3 is 6.43 Å². The molecule has 3 amide bonds. The van der Waals surface area contributed by atoms with Crippen LogP contribution in [-0.4, -0.2) is 68.7 Å². The lowest BCUT2D eigenvalue weighted by Gasteiger charge is -2.23. The number of alkyl halides is 2. The normalized spacial score (nSPS) is 10.5. The summed E-state index contributed by atoms with van der Waals surface area (Å²) >= 11 is 0. The number of halogens is 4. The first-order valence-electron chi connectivity index (χ1n) is 17.6. The molecule has 13 nitrogen and oxygen atoms in total. The maximum atomic E-state index is 13.8. The standard InChI is InChI=1S/C22H17F3N4O3.C20H17FN4O2/c23-16-2-1-3-18(10-16)29(22(32)14-6-8-26-9-7-14)13-17-5-4-15(11-27-17)19(30)12-28-21(31)20(24)25;21-16-2-1-3-18(10-16)25(20(27)14-6-8-23-9-7-14)13-17-5-4-15(12-24-17)19(26)11-22/h1-11,20H,12-13H2,(H,28,31);1-10,12H,11,13,22H2. The van der Waals surface area contributed by atoms with Crippen molar-refractivity contribution in [2.45, 2.75) is 19.5 Å². The summed E-state index contributed by atoms with van der Waals surface area (Å²) in [5.41, 5.74) is 8.26. The Kier molecular flexibility index (Phi) is 14.9. The number of anilines is 2. The van der Waals surface area contributed by atoms with Gasteiger partial charge in [0.25, 0.3) is 17.7 Å². The molecule has 0 bridgehead atoms. The van der Waals surface area contributed by atoms with E-state index in [1.54, 1.807) is 36.4 Å². The van der Waals surface area contributed by atoms with Crippen molar-refractivity contribution in [1.82, 2.24) is 25.3 Å². The molecule has 0 spiro atoms. The molecule has 0 aliphatic carbocycles. The highest BCUT2D eigenvalue weighted by molar-refractivity contribution is 6.06. The Morgan fingerprint density at radius 3 is 1.41 bits per heavy atom. The summed E-state index contributed by atoms with van der Waals surface area (Å²) in [7, 11) is 0. The Hall–Kier alpha value is -7.53. The van der Waals surface area contributed by atoms with Gasteiger partial charge < -0.3 is 20.9 Å². The van der Waals surface area contributed by atoms with Crippen molar-refractivity contribution in [3.8, 4) is 0 Å². The number of ketones is 2. The van der Waals surface area contributed by atoms with E-state index >= 15 is 0 Å². The largest absolute Gasteiger partial charge is 0.344 e. The van der Waals surface area contributed by atoms with Crippen LogP contribution in [0.5, 0.6) is 0 Å². The lowest BCUT2D eigenvalue weighted by Crippen LogP contribution is -2.34. The van der Waals surface area contributed by atoms with E-state index in [4.69, 9.17) is 5.73 Å². The Morgan fingerprint density at radius 1 is 0.593 bits per heavy atom. The van der Waals surface area contributed by atoms with E-state index in [2.05, 4.69) is 19.9 Å². The van der Waals surface area contributed by atoms with Crippen molar-refractivity contribution < 1.29 is 41.5 Å². The fourth-order valence-electron chi connectivity index (χ4n) is 5.30. The number of carbonyl (C=O) groups is 5. The van der Waals surface area contributed by atoms with Crippen LogP contribution in [-0.2, 0) is 17.9 Å². The monoisotopic (exact) mass is 806 g/mol. The molecule has 0 saturated heterocycles. The van der Waals surface area contributed by atoms with Gasteiger partial charge in [0, 0.05) is 70.8 Å². The molecule has 17 heteroatoms. The molecule has 4 aromatic heterocycles. The van der Waals surface area contributed by atoms with Gasteiger partial charge in [0.1, 0.15) is 11.6 Å². The number of nitrogens with two attached hydrogens (primary N) is 1. The highest BCUT2D eigenvalue weighted by Crippen LogP contribution is 2.22. The van der Waals surface area contributed by atoms with Gasteiger partial charge in [-0.15, -0.1) is 0 Å². The summed E-state index contributed by atoms with van der Waals surface area (Å²) < 4.78 is 51.9. The number of hydrogen-bond acceptors (Lipinski definition) is 10. The lowest BCUT2D eigenvalue weighted by molar-refractivity contribution is -0.131. The molecule has 0 unspecified atom stereocenters. The third kappa shape index (κ3) is 12.0. The van der Waals surface area contributed by atoms with Crippen LogP contribution in [0.1, 0.15) is 52.8 Å². The van der Waals surface area contributed by atoms with Crippen molar-refractivity contribution in [2.24, 2.45) is 5.73 Å². The Morgan fingerprint density at radius 2 is 1.03 bits per heavy atom. The SMILES string of the molecule is NCC(=O)c1ccc(CN(C(=O)c2ccncc2)c2cccc(F)c2)nc1.O=C(CNC(=O)C(F)F)c1ccc(CN(C(=O)c2ccncc2)c2cccc(F)c2)nc1. The number of Topliss-reactive ketones (excluding diaryl/α,β-unsaturated/α-hetero) is 2. The van der Waals surface area contributed by atoms with Crippen molar-refractivity contribution in [3.63, 3.8) is 0 Å². The lowest BCUT2D eigenvalue weighted by atomic mass is 10.1. The molecule has 0 saturated carbocycles. The molecule has 2 aromatic carbocycles. The maximum absolute atomic E-state index is 13.8. The molecule has 6 rings (SSSR count). The highest BCUT2D eigenvalue weighted by Gasteiger charge is 2.22. The molecule has 4 heterocycles. The number of pyridine rings is 4. The van der Waals surface area contributed by atoms with Crippen LogP contribution in [0.15, 0.2) is 134 Å². The number of hydrogen-bond donors (Lipinski definition) is 2. The van der Waals surface area contributed by atoms with E-state index in [0.717, 1.165) is 0 Å². The van der Waals surface area contributed by atoms with Gasteiger partial charge in [-0.3, -0.25) is 43.9 Å². The van der Waals surface area contributed by atoms with Crippen molar-refractivity contribution in [1.29, 1.82) is 0 Å². The van der Waals surface area contributed by atoms with Gasteiger partial charge in [-0.05, 0) is 84.9 Å². The minimum absolute atomic E-state index is 0.0266. The molecule has 59 heavy (non-hydrogen) atoms. The minimum Gasteiger partial charge on any atom is -0.344 e. The van der Waals surface area contributed by atoms with Crippen LogP contribution in [0, 0.1) is 11.6 Å². The van der Waals surface area contributed by atoms with Gasteiger partial charge in [0.15, 0.2) is 11.6 Å². The second-order valence-electron chi connectivity index (χ2n) is 12.4. The Balaban J connectivity index is 0.000000227. The van der Waals surface area contributed by atoms with Crippen LogP contribution in [0.2, 0.25) is 0 Å². The summed E-state index contributed by atoms with van der Waals surface area (Å²) in [6, 6.07) is 23.7. The minimum atomic E-state index is -3.21. The second-order valence-corrected chi connectivity index (χ2v) is 12.4. The van der Waals surface area contributed by atoms with E-state index in [1.807, 2.05) is 5.32 Å². The van der Waals surface area contributed by atoms with Crippen LogP contribution < -0.4 is 20.9 Å². The smallest absolute Gasteiger partial charge is 0.315 e. The molecule has 0 aliphatic heterocycles. The zero-order chi connectivity index (χ0) is 42.3. The predicted octanol–water partition coefficient (Wildman–Crippen LogP) is 5.63. The summed E-state index contributed by atoms with van der Waals surface area (Å²) in [5, 5.41) is 1.83. The molecule has 0 radical (unpaired) electrons. The van der Waals surface area contributed by atoms with Gasteiger partial charge in [-0.1, -0.05) is 12.1 Å². The van der Waals surface area contributed by atoms with Crippen LogP contribution >= 0.6 is 0 Å². The number of amides is 3.